The maximum absolute atomic E-state index is 13.2. The van der Waals surface area contributed by atoms with E-state index in [4.69, 9.17) is 0 Å². The van der Waals surface area contributed by atoms with Crippen LogP contribution in [0.3, 0.4) is 0 Å². The van der Waals surface area contributed by atoms with Crippen LogP contribution in [0.1, 0.15) is 15.9 Å². The maximum Gasteiger partial charge on any atom is 0.256 e. The van der Waals surface area contributed by atoms with E-state index in [-0.39, 0.29) is 11.5 Å². The molecule has 1 N–H and O–H groups in total. The van der Waals surface area contributed by atoms with Crippen molar-refractivity contribution < 1.29 is 9.18 Å². The fraction of sp³-hybridized carbons (Fsp3) is 0.0714. The first kappa shape index (κ1) is 14.2. The minimum absolute atomic E-state index is 0.266. The lowest BCUT2D eigenvalue weighted by Gasteiger charge is -2.10. The summed E-state index contributed by atoms with van der Waals surface area (Å²) in [7, 11) is 0. The minimum atomic E-state index is -0.444. The van der Waals surface area contributed by atoms with E-state index in [2.05, 4.69) is 37.2 Å². The number of hydrogen-bond donors (Lipinski definition) is 1. The summed E-state index contributed by atoms with van der Waals surface area (Å²) in [4.78, 5) is 12.1. The smallest absolute Gasteiger partial charge is 0.256 e. The third kappa shape index (κ3) is 3.42. The second-order valence-corrected chi connectivity index (χ2v) is 5.81. The summed E-state index contributed by atoms with van der Waals surface area (Å²) in [5.41, 5.74) is 1.89. The van der Waals surface area contributed by atoms with Crippen molar-refractivity contribution >= 4 is 43.5 Å². The highest BCUT2D eigenvalue weighted by atomic mass is 79.9. The lowest BCUT2D eigenvalue weighted by molar-refractivity contribution is 0.102. The van der Waals surface area contributed by atoms with Crippen LogP contribution in [0, 0.1) is 12.7 Å². The standard InChI is InChI=1S/C14H10Br2FNO/c1-8-6-9(15)2-5-13(8)18-14(19)11-7-10(17)3-4-12(11)16/h2-7H,1H3,(H,18,19). The Labute approximate surface area is 127 Å². The Bertz CT molecular complexity index is 643. The Morgan fingerprint density at radius 1 is 1.16 bits per heavy atom. The second kappa shape index (κ2) is 5.84. The molecule has 0 aromatic heterocycles. The zero-order chi connectivity index (χ0) is 14.0. The van der Waals surface area contributed by atoms with Gasteiger partial charge in [-0.15, -0.1) is 0 Å². The largest absolute Gasteiger partial charge is 0.322 e. The van der Waals surface area contributed by atoms with Crippen LogP contribution >= 0.6 is 31.9 Å². The number of hydrogen-bond acceptors (Lipinski definition) is 1. The van der Waals surface area contributed by atoms with Crippen LogP contribution in [0.15, 0.2) is 45.3 Å². The van der Waals surface area contributed by atoms with Gasteiger partial charge in [-0.1, -0.05) is 15.9 Å². The number of carbonyl (C=O) groups excluding carboxylic acids is 1. The van der Waals surface area contributed by atoms with Gasteiger partial charge in [0.25, 0.3) is 5.91 Å². The summed E-state index contributed by atoms with van der Waals surface area (Å²) in [5, 5.41) is 2.77. The molecule has 2 aromatic rings. The number of benzene rings is 2. The molecule has 0 aliphatic heterocycles. The summed E-state index contributed by atoms with van der Waals surface area (Å²) >= 11 is 6.60. The van der Waals surface area contributed by atoms with Crippen molar-refractivity contribution in [2.75, 3.05) is 5.32 Å². The van der Waals surface area contributed by atoms with Gasteiger partial charge in [-0.3, -0.25) is 4.79 Å². The van der Waals surface area contributed by atoms with Crippen LogP contribution < -0.4 is 5.32 Å². The van der Waals surface area contributed by atoms with E-state index in [9.17, 15) is 9.18 Å². The van der Waals surface area contributed by atoms with E-state index in [0.29, 0.717) is 10.2 Å². The van der Waals surface area contributed by atoms with Crippen molar-refractivity contribution in [2.24, 2.45) is 0 Å². The number of anilines is 1. The summed E-state index contributed by atoms with van der Waals surface area (Å²) in [6, 6.07) is 9.54. The molecule has 19 heavy (non-hydrogen) atoms. The van der Waals surface area contributed by atoms with Gasteiger partial charge in [0.1, 0.15) is 5.82 Å². The van der Waals surface area contributed by atoms with Gasteiger partial charge in [0.15, 0.2) is 0 Å². The van der Waals surface area contributed by atoms with Crippen LogP contribution in [0.25, 0.3) is 0 Å². The third-order valence-electron chi connectivity index (χ3n) is 2.61. The molecule has 2 nitrogen and oxygen atoms in total. The van der Waals surface area contributed by atoms with Crippen LogP contribution in [0.5, 0.6) is 0 Å². The fourth-order valence-electron chi connectivity index (χ4n) is 1.63. The molecule has 0 saturated heterocycles. The van der Waals surface area contributed by atoms with Crippen molar-refractivity contribution in [3.8, 4) is 0 Å². The molecule has 0 saturated carbocycles. The number of aryl methyl sites for hydroxylation is 1. The summed E-state index contributed by atoms with van der Waals surface area (Å²) < 4.78 is 14.7. The summed E-state index contributed by atoms with van der Waals surface area (Å²) in [6.07, 6.45) is 0. The van der Waals surface area contributed by atoms with Crippen molar-refractivity contribution in [3.63, 3.8) is 0 Å². The fourth-order valence-corrected chi connectivity index (χ4v) is 2.53. The molecule has 0 atom stereocenters. The quantitative estimate of drug-likeness (QED) is 0.780. The first-order chi connectivity index (χ1) is 8.97. The van der Waals surface area contributed by atoms with Crippen LogP contribution in [0.4, 0.5) is 10.1 Å². The Morgan fingerprint density at radius 2 is 1.89 bits per heavy atom. The van der Waals surface area contributed by atoms with Gasteiger partial charge >= 0.3 is 0 Å². The Balaban J connectivity index is 2.28. The molecule has 0 bridgehead atoms. The molecular formula is C14H10Br2FNO. The van der Waals surface area contributed by atoms with Crippen molar-refractivity contribution in [1.29, 1.82) is 0 Å². The molecule has 0 radical (unpaired) electrons. The molecule has 1 amide bonds. The molecule has 2 rings (SSSR count). The third-order valence-corrected chi connectivity index (χ3v) is 3.79. The number of carbonyl (C=O) groups is 1. The van der Waals surface area contributed by atoms with E-state index in [1.165, 1.54) is 18.2 Å². The van der Waals surface area contributed by atoms with Crippen LogP contribution in [0.2, 0.25) is 0 Å². The van der Waals surface area contributed by atoms with Crippen molar-refractivity contribution in [3.05, 3.63) is 62.3 Å². The zero-order valence-electron chi connectivity index (χ0n) is 10.0. The molecule has 0 unspecified atom stereocenters. The van der Waals surface area contributed by atoms with Gasteiger partial charge in [-0.2, -0.15) is 0 Å². The molecule has 0 aliphatic carbocycles. The summed E-state index contributed by atoms with van der Waals surface area (Å²) in [6.45, 7) is 1.89. The van der Waals surface area contributed by atoms with E-state index < -0.39 is 5.82 Å². The van der Waals surface area contributed by atoms with Gasteiger partial charge in [-0.05, 0) is 64.8 Å². The highest BCUT2D eigenvalue weighted by Crippen LogP contribution is 2.23. The van der Waals surface area contributed by atoms with Gasteiger partial charge < -0.3 is 5.32 Å². The molecule has 0 spiro atoms. The lowest BCUT2D eigenvalue weighted by Crippen LogP contribution is -2.13. The Hall–Kier alpha value is -1.20. The predicted molar refractivity (Wildman–Crippen MR) is 80.9 cm³/mol. The molecule has 5 heteroatoms. The Kier molecular flexibility index (Phi) is 4.37. The van der Waals surface area contributed by atoms with Crippen molar-refractivity contribution in [1.82, 2.24) is 0 Å². The van der Waals surface area contributed by atoms with E-state index in [1.54, 1.807) is 6.07 Å². The molecule has 98 valence electrons. The average molecular weight is 387 g/mol. The highest BCUT2D eigenvalue weighted by Gasteiger charge is 2.12. The van der Waals surface area contributed by atoms with Gasteiger partial charge in [0, 0.05) is 14.6 Å². The van der Waals surface area contributed by atoms with E-state index in [1.807, 2.05) is 19.1 Å². The first-order valence-electron chi connectivity index (χ1n) is 5.50. The van der Waals surface area contributed by atoms with Crippen LogP contribution in [-0.2, 0) is 0 Å². The Morgan fingerprint density at radius 3 is 2.58 bits per heavy atom. The average Bonchev–Trinajstić information content (AvgIpc) is 2.35. The summed E-state index contributed by atoms with van der Waals surface area (Å²) in [5.74, 6) is -0.794. The molecule has 2 aromatic carbocycles. The molecule has 0 fully saturated rings. The van der Waals surface area contributed by atoms with Crippen LogP contribution in [-0.4, -0.2) is 5.91 Å². The van der Waals surface area contributed by atoms with Gasteiger partial charge in [0.05, 0.1) is 5.56 Å². The monoisotopic (exact) mass is 385 g/mol. The van der Waals surface area contributed by atoms with E-state index >= 15 is 0 Å². The number of rotatable bonds is 2. The molecule has 0 heterocycles. The number of amides is 1. The van der Waals surface area contributed by atoms with Crippen molar-refractivity contribution in [2.45, 2.75) is 6.92 Å². The lowest BCUT2D eigenvalue weighted by atomic mass is 10.1. The normalized spacial score (nSPS) is 10.3. The highest BCUT2D eigenvalue weighted by molar-refractivity contribution is 9.10. The van der Waals surface area contributed by atoms with Gasteiger partial charge in [-0.25, -0.2) is 4.39 Å². The number of halogens is 3. The van der Waals surface area contributed by atoms with Gasteiger partial charge in [0.2, 0.25) is 0 Å². The zero-order valence-corrected chi connectivity index (χ0v) is 13.2. The van der Waals surface area contributed by atoms with E-state index in [0.717, 1.165) is 10.0 Å². The molecular weight excluding hydrogens is 377 g/mol. The molecule has 0 aliphatic rings. The predicted octanol–water partition coefficient (Wildman–Crippen LogP) is 4.91. The number of nitrogens with one attached hydrogen (secondary N) is 1. The first-order valence-corrected chi connectivity index (χ1v) is 7.08. The minimum Gasteiger partial charge on any atom is -0.322 e. The topological polar surface area (TPSA) is 29.1 Å². The SMILES string of the molecule is Cc1cc(Br)ccc1NC(=O)c1cc(F)ccc1Br. The maximum atomic E-state index is 13.2. The second-order valence-electron chi connectivity index (χ2n) is 4.04.